The molecule has 3 N–H and O–H groups in total. The van der Waals surface area contributed by atoms with Crippen molar-refractivity contribution in [3.8, 4) is 5.69 Å². The van der Waals surface area contributed by atoms with E-state index in [1.165, 1.54) is 6.07 Å². The summed E-state index contributed by atoms with van der Waals surface area (Å²) >= 11 is 5.53. The quantitative estimate of drug-likeness (QED) is 0.906. The maximum absolute atomic E-state index is 12.8. The second kappa shape index (κ2) is 5.29. The number of rotatable bonds is 3. The summed E-state index contributed by atoms with van der Waals surface area (Å²) in [5.41, 5.74) is 3.76. The van der Waals surface area contributed by atoms with Crippen LogP contribution in [0.4, 0.5) is 13.2 Å². The van der Waals surface area contributed by atoms with Gasteiger partial charge in [-0.3, -0.25) is 0 Å². The van der Waals surface area contributed by atoms with Crippen molar-refractivity contribution in [3.63, 3.8) is 0 Å². The molecular weight excluding hydrogens is 297 g/mol. The Hall–Kier alpha value is -1.80. The van der Waals surface area contributed by atoms with Crippen LogP contribution in [0, 0.1) is 0 Å². The van der Waals surface area contributed by atoms with E-state index in [1.54, 1.807) is 0 Å². The summed E-state index contributed by atoms with van der Waals surface area (Å²) in [6, 6.07) is 3.21. The number of nitrogens with zero attached hydrogens (tertiary/aromatic N) is 2. The Morgan fingerprint density at radius 1 is 1.40 bits per heavy atom. The zero-order chi connectivity index (χ0) is 14.9. The Kier molecular flexibility index (Phi) is 3.87. The minimum atomic E-state index is -4.60. The average Bonchev–Trinajstić information content (AvgIpc) is 2.71. The number of nitrogens with two attached hydrogens (primary N) is 1. The van der Waals surface area contributed by atoms with Gasteiger partial charge < -0.3 is 5.73 Å². The molecule has 0 aliphatic rings. The van der Waals surface area contributed by atoms with Gasteiger partial charge in [0.05, 0.1) is 16.3 Å². The molecule has 0 saturated carbocycles. The Morgan fingerprint density at radius 3 is 2.70 bits per heavy atom. The zero-order valence-electron chi connectivity index (χ0n) is 10.0. The van der Waals surface area contributed by atoms with Crippen LogP contribution in [0.5, 0.6) is 0 Å². The van der Waals surface area contributed by atoms with Crippen LogP contribution in [0.25, 0.3) is 5.69 Å². The maximum Gasteiger partial charge on any atom is 0.417 e. The fraction of sp³-hybridized carbons (Fsp3) is 0.273. The van der Waals surface area contributed by atoms with E-state index in [0.717, 1.165) is 16.7 Å². The van der Waals surface area contributed by atoms with Crippen molar-refractivity contribution in [2.75, 3.05) is 6.54 Å². The lowest BCUT2D eigenvalue weighted by molar-refractivity contribution is -0.137. The first-order chi connectivity index (χ1) is 9.34. The molecule has 1 aromatic heterocycles. The highest BCUT2D eigenvalue weighted by Gasteiger charge is 2.33. The largest absolute Gasteiger partial charge is 0.417 e. The van der Waals surface area contributed by atoms with Crippen LogP contribution in [-0.2, 0) is 12.6 Å². The summed E-state index contributed by atoms with van der Waals surface area (Å²) in [5, 5.41) is 5.48. The number of H-pyrrole nitrogens is 1. The number of nitrogens with one attached hydrogen (secondary N) is 1. The van der Waals surface area contributed by atoms with Crippen molar-refractivity contribution in [1.82, 2.24) is 14.8 Å². The molecule has 108 valence electrons. The molecule has 0 spiro atoms. The molecule has 1 aromatic carbocycles. The Balaban J connectivity index is 2.60. The number of benzene rings is 1. The van der Waals surface area contributed by atoms with E-state index in [0.29, 0.717) is 0 Å². The molecule has 0 bridgehead atoms. The summed E-state index contributed by atoms with van der Waals surface area (Å²) < 4.78 is 39.5. The monoisotopic (exact) mass is 306 g/mol. The van der Waals surface area contributed by atoms with Gasteiger partial charge in [0.15, 0.2) is 0 Å². The van der Waals surface area contributed by atoms with Gasteiger partial charge in [-0.15, -0.1) is 0 Å². The zero-order valence-corrected chi connectivity index (χ0v) is 10.8. The number of aromatic nitrogens is 3. The van der Waals surface area contributed by atoms with Crippen molar-refractivity contribution in [2.45, 2.75) is 12.6 Å². The lowest BCUT2D eigenvalue weighted by atomic mass is 10.2. The maximum atomic E-state index is 12.8. The molecule has 0 unspecified atom stereocenters. The van der Waals surface area contributed by atoms with Crippen LogP contribution in [-0.4, -0.2) is 21.3 Å². The fourth-order valence-electron chi connectivity index (χ4n) is 1.76. The first-order valence-electron chi connectivity index (χ1n) is 5.58. The molecule has 2 rings (SSSR count). The average molecular weight is 307 g/mol. The normalized spacial score (nSPS) is 11.8. The van der Waals surface area contributed by atoms with Crippen LogP contribution in [0.15, 0.2) is 23.0 Å². The number of aromatic amines is 1. The lowest BCUT2D eigenvalue weighted by Gasteiger charge is -2.11. The van der Waals surface area contributed by atoms with Gasteiger partial charge >= 0.3 is 11.9 Å². The smallest absolute Gasteiger partial charge is 0.330 e. The molecule has 9 heteroatoms. The Bertz CT molecular complexity index is 677. The summed E-state index contributed by atoms with van der Waals surface area (Å²) in [6.45, 7) is 0.212. The number of halogens is 4. The minimum absolute atomic E-state index is 0.0314. The van der Waals surface area contributed by atoms with Gasteiger partial charge in [0.25, 0.3) is 0 Å². The lowest BCUT2D eigenvalue weighted by Crippen LogP contribution is -2.19. The standard InChI is InChI=1S/C11H10ClF3N4O/c12-8-2-1-6(5-7(8)11(13,14)15)19-9(3-4-16)17-18-10(19)20/h1-2,5H,3-4,16H2,(H,18,20). The summed E-state index contributed by atoms with van der Waals surface area (Å²) in [6.07, 6.45) is -4.35. The van der Waals surface area contributed by atoms with Gasteiger partial charge in [0.2, 0.25) is 0 Å². The van der Waals surface area contributed by atoms with E-state index in [4.69, 9.17) is 17.3 Å². The van der Waals surface area contributed by atoms with Crippen molar-refractivity contribution in [3.05, 3.63) is 45.1 Å². The fourth-order valence-corrected chi connectivity index (χ4v) is 1.99. The van der Waals surface area contributed by atoms with E-state index in [9.17, 15) is 18.0 Å². The third kappa shape index (κ3) is 2.70. The third-order valence-electron chi connectivity index (χ3n) is 2.62. The van der Waals surface area contributed by atoms with Crippen LogP contribution in [0.3, 0.4) is 0 Å². The SMILES string of the molecule is NCCc1n[nH]c(=O)n1-c1ccc(Cl)c(C(F)(F)F)c1. The predicted molar refractivity (Wildman–Crippen MR) is 67.0 cm³/mol. The molecule has 0 fully saturated rings. The molecule has 1 heterocycles. The first-order valence-corrected chi connectivity index (χ1v) is 5.96. The van der Waals surface area contributed by atoms with E-state index >= 15 is 0 Å². The predicted octanol–water partition coefficient (Wildman–Crippen LogP) is 1.73. The van der Waals surface area contributed by atoms with Gasteiger partial charge in [0.1, 0.15) is 5.82 Å². The van der Waals surface area contributed by atoms with Gasteiger partial charge in [0, 0.05) is 6.42 Å². The number of hydrogen-bond donors (Lipinski definition) is 2. The summed E-state index contributed by atoms with van der Waals surface area (Å²) in [7, 11) is 0. The second-order valence-corrected chi connectivity index (χ2v) is 4.39. The highest BCUT2D eigenvalue weighted by Crippen LogP contribution is 2.35. The van der Waals surface area contributed by atoms with Crippen molar-refractivity contribution >= 4 is 11.6 Å². The molecular formula is C11H10ClF3N4O. The minimum Gasteiger partial charge on any atom is -0.330 e. The van der Waals surface area contributed by atoms with E-state index in [1.807, 2.05) is 0 Å². The Labute approximate surface area is 116 Å². The van der Waals surface area contributed by atoms with E-state index < -0.39 is 22.5 Å². The van der Waals surface area contributed by atoms with E-state index in [2.05, 4.69) is 10.2 Å². The molecule has 0 aliphatic heterocycles. The highest BCUT2D eigenvalue weighted by atomic mass is 35.5. The first kappa shape index (κ1) is 14.6. The molecule has 0 amide bonds. The van der Waals surface area contributed by atoms with Crippen LogP contribution in [0.2, 0.25) is 5.02 Å². The van der Waals surface area contributed by atoms with Crippen molar-refractivity contribution in [2.24, 2.45) is 5.73 Å². The molecule has 20 heavy (non-hydrogen) atoms. The molecule has 0 radical (unpaired) electrons. The van der Waals surface area contributed by atoms with Crippen molar-refractivity contribution in [1.29, 1.82) is 0 Å². The van der Waals surface area contributed by atoms with Gasteiger partial charge in [-0.2, -0.15) is 18.3 Å². The molecule has 2 aromatic rings. The number of hydrogen-bond acceptors (Lipinski definition) is 3. The van der Waals surface area contributed by atoms with Crippen LogP contribution in [0.1, 0.15) is 11.4 Å². The molecule has 0 atom stereocenters. The number of alkyl halides is 3. The highest BCUT2D eigenvalue weighted by molar-refractivity contribution is 6.31. The van der Waals surface area contributed by atoms with E-state index in [-0.39, 0.29) is 24.5 Å². The summed E-state index contributed by atoms with van der Waals surface area (Å²) in [5.74, 6) is 0.257. The van der Waals surface area contributed by atoms with Crippen LogP contribution < -0.4 is 11.4 Å². The third-order valence-corrected chi connectivity index (χ3v) is 2.95. The van der Waals surface area contributed by atoms with Crippen molar-refractivity contribution < 1.29 is 13.2 Å². The summed E-state index contributed by atoms with van der Waals surface area (Å²) in [4.78, 5) is 11.7. The second-order valence-electron chi connectivity index (χ2n) is 3.98. The topological polar surface area (TPSA) is 76.7 Å². The molecule has 0 aliphatic carbocycles. The Morgan fingerprint density at radius 2 is 2.10 bits per heavy atom. The van der Waals surface area contributed by atoms with Gasteiger partial charge in [-0.05, 0) is 24.7 Å². The van der Waals surface area contributed by atoms with Crippen LogP contribution >= 0.6 is 11.6 Å². The molecule has 5 nitrogen and oxygen atoms in total. The van der Waals surface area contributed by atoms with Gasteiger partial charge in [-0.25, -0.2) is 14.5 Å². The van der Waals surface area contributed by atoms with Gasteiger partial charge in [-0.1, -0.05) is 11.6 Å². The molecule has 0 saturated heterocycles.